The molecule has 25 heavy (non-hydrogen) atoms. The predicted molar refractivity (Wildman–Crippen MR) is 112 cm³/mol. The van der Waals surface area contributed by atoms with Crippen LogP contribution in [0.25, 0.3) is 0 Å². The van der Waals surface area contributed by atoms with E-state index in [-0.39, 0.29) is 35.3 Å². The first-order chi connectivity index (χ1) is 11.6. The van der Waals surface area contributed by atoms with Gasteiger partial charge in [0.05, 0.1) is 0 Å². The quantitative estimate of drug-likeness (QED) is 0.379. The molecular formula is C18H34IN5O. The summed E-state index contributed by atoms with van der Waals surface area (Å²) in [5.74, 6) is 1.98. The molecular weight excluding hydrogens is 429 g/mol. The molecule has 6 nitrogen and oxygen atoms in total. The third kappa shape index (κ3) is 5.45. The Hall–Kier alpha value is -0.570. The molecule has 2 N–H and O–H groups in total. The number of nitrogens with one attached hydrogen (secondary N) is 2. The maximum absolute atomic E-state index is 11.7. The summed E-state index contributed by atoms with van der Waals surface area (Å²) in [5, 5.41) is 6.51. The molecule has 3 heterocycles. The second-order valence-corrected chi connectivity index (χ2v) is 7.92. The molecule has 3 saturated heterocycles. The van der Waals surface area contributed by atoms with E-state index in [9.17, 15) is 4.79 Å². The highest BCUT2D eigenvalue weighted by molar-refractivity contribution is 14.0. The summed E-state index contributed by atoms with van der Waals surface area (Å²) in [6.07, 6.45) is 5.48. The first-order valence-corrected chi connectivity index (χ1v) is 9.59. The van der Waals surface area contributed by atoms with Crippen LogP contribution in [0, 0.1) is 11.3 Å². The maximum Gasteiger partial charge on any atom is 0.220 e. The van der Waals surface area contributed by atoms with Gasteiger partial charge in [-0.1, -0.05) is 0 Å². The Morgan fingerprint density at radius 1 is 1.36 bits per heavy atom. The molecule has 3 aliphatic rings. The molecule has 0 aliphatic carbocycles. The zero-order valence-corrected chi connectivity index (χ0v) is 18.1. The van der Waals surface area contributed by atoms with Gasteiger partial charge in [-0.25, -0.2) is 0 Å². The summed E-state index contributed by atoms with van der Waals surface area (Å²) < 4.78 is 0. The van der Waals surface area contributed by atoms with Gasteiger partial charge in [-0.15, -0.1) is 24.0 Å². The van der Waals surface area contributed by atoms with E-state index >= 15 is 0 Å². The number of carbonyl (C=O) groups excluding carboxylic acids is 1. The van der Waals surface area contributed by atoms with Gasteiger partial charge < -0.3 is 20.4 Å². The molecule has 0 bridgehead atoms. The molecule has 1 unspecified atom stereocenters. The van der Waals surface area contributed by atoms with Crippen LogP contribution < -0.4 is 10.6 Å². The van der Waals surface area contributed by atoms with Crippen molar-refractivity contribution in [2.75, 3.05) is 52.9 Å². The van der Waals surface area contributed by atoms with Gasteiger partial charge in [0.15, 0.2) is 5.96 Å². The minimum Gasteiger partial charge on any atom is -0.357 e. The van der Waals surface area contributed by atoms with E-state index in [1.807, 2.05) is 0 Å². The van der Waals surface area contributed by atoms with Crippen molar-refractivity contribution in [1.82, 2.24) is 20.4 Å². The summed E-state index contributed by atoms with van der Waals surface area (Å²) in [5.41, 5.74) is 0.124. The fourth-order valence-corrected chi connectivity index (χ4v) is 4.31. The van der Waals surface area contributed by atoms with Gasteiger partial charge in [-0.3, -0.25) is 9.79 Å². The normalized spacial score (nSPS) is 28.8. The van der Waals surface area contributed by atoms with Crippen molar-refractivity contribution >= 4 is 35.8 Å². The Labute approximate surface area is 169 Å². The molecule has 0 saturated carbocycles. The lowest BCUT2D eigenvalue weighted by Gasteiger charge is -2.41. The van der Waals surface area contributed by atoms with E-state index in [2.05, 4.69) is 34.4 Å². The lowest BCUT2D eigenvalue weighted by atomic mass is 9.79. The van der Waals surface area contributed by atoms with Crippen molar-refractivity contribution < 1.29 is 4.79 Å². The summed E-state index contributed by atoms with van der Waals surface area (Å²) in [6, 6.07) is 0. The average molecular weight is 463 g/mol. The number of guanidine groups is 1. The number of nitrogens with zero attached hydrogens (tertiary/aromatic N) is 3. The van der Waals surface area contributed by atoms with Crippen LogP contribution >= 0.6 is 24.0 Å². The van der Waals surface area contributed by atoms with Crippen molar-refractivity contribution in [2.45, 2.75) is 39.0 Å². The number of likely N-dealkylation sites (tertiary alicyclic amines) is 2. The van der Waals surface area contributed by atoms with Gasteiger partial charge in [0.1, 0.15) is 0 Å². The number of rotatable bonds is 3. The smallest absolute Gasteiger partial charge is 0.220 e. The molecule has 3 rings (SSSR count). The van der Waals surface area contributed by atoms with E-state index in [0.29, 0.717) is 12.3 Å². The molecule has 0 aromatic carbocycles. The van der Waals surface area contributed by atoms with Gasteiger partial charge in [-0.2, -0.15) is 0 Å². The predicted octanol–water partition coefficient (Wildman–Crippen LogP) is 1.51. The first-order valence-electron chi connectivity index (χ1n) is 9.59. The second-order valence-electron chi connectivity index (χ2n) is 7.92. The number of halogens is 1. The minimum atomic E-state index is 0. The Bertz CT molecular complexity index is 478. The van der Waals surface area contributed by atoms with E-state index < -0.39 is 0 Å². The average Bonchev–Trinajstić information content (AvgIpc) is 2.93. The highest BCUT2D eigenvalue weighted by Gasteiger charge is 2.42. The van der Waals surface area contributed by atoms with E-state index in [1.165, 1.54) is 25.9 Å². The van der Waals surface area contributed by atoms with Crippen molar-refractivity contribution in [3.8, 4) is 0 Å². The van der Waals surface area contributed by atoms with E-state index in [1.54, 1.807) is 0 Å². The standard InChI is InChI=1S/C18H33N5O.HI/c1-3-19-17(20-12-15-5-9-22(2)10-6-15)23-8-4-7-18(14-23)11-16(24)21-13-18;/h15H,3-14H2,1-2H3,(H,19,20)(H,21,24);1H. The lowest BCUT2D eigenvalue weighted by Crippen LogP contribution is -2.51. The first kappa shape index (κ1) is 20.7. The zero-order valence-electron chi connectivity index (χ0n) is 15.7. The highest BCUT2D eigenvalue weighted by Crippen LogP contribution is 2.36. The van der Waals surface area contributed by atoms with Gasteiger partial charge in [-0.05, 0) is 58.7 Å². The summed E-state index contributed by atoms with van der Waals surface area (Å²) in [7, 11) is 2.20. The number of carbonyl (C=O) groups is 1. The molecule has 1 atom stereocenters. The molecule has 1 amide bonds. The number of aliphatic imine (C=N–C) groups is 1. The van der Waals surface area contributed by atoms with E-state index in [0.717, 1.165) is 51.5 Å². The van der Waals surface area contributed by atoms with Gasteiger partial charge in [0.25, 0.3) is 0 Å². The monoisotopic (exact) mass is 463 g/mol. The molecule has 1 spiro atoms. The number of amides is 1. The Morgan fingerprint density at radius 2 is 2.12 bits per heavy atom. The summed E-state index contributed by atoms with van der Waals surface area (Å²) in [6.45, 7) is 9.17. The Balaban J connectivity index is 0.00000225. The van der Waals surface area contributed by atoms with Gasteiger partial charge in [0.2, 0.25) is 5.91 Å². The largest absolute Gasteiger partial charge is 0.357 e. The van der Waals surface area contributed by atoms with Crippen LogP contribution in [-0.2, 0) is 4.79 Å². The van der Waals surface area contributed by atoms with Crippen molar-refractivity contribution in [2.24, 2.45) is 16.3 Å². The number of hydrogen-bond acceptors (Lipinski definition) is 3. The molecule has 3 fully saturated rings. The SMILES string of the molecule is CCNC(=NCC1CCN(C)CC1)N1CCCC2(CNC(=O)C2)C1.I. The maximum atomic E-state index is 11.7. The second kappa shape index (κ2) is 9.39. The highest BCUT2D eigenvalue weighted by atomic mass is 127. The number of hydrogen-bond donors (Lipinski definition) is 2. The third-order valence-electron chi connectivity index (χ3n) is 5.83. The van der Waals surface area contributed by atoms with Gasteiger partial charge in [0, 0.05) is 44.6 Å². The Kier molecular flexibility index (Phi) is 7.79. The Morgan fingerprint density at radius 3 is 2.76 bits per heavy atom. The van der Waals surface area contributed by atoms with Crippen LogP contribution in [0.1, 0.15) is 39.0 Å². The molecule has 0 radical (unpaired) electrons. The molecule has 0 aromatic heterocycles. The summed E-state index contributed by atoms with van der Waals surface area (Å²) in [4.78, 5) is 21.5. The zero-order chi connectivity index (χ0) is 17.0. The molecule has 3 aliphatic heterocycles. The van der Waals surface area contributed by atoms with Crippen LogP contribution in [0.4, 0.5) is 0 Å². The van der Waals surface area contributed by atoms with Crippen molar-refractivity contribution in [1.29, 1.82) is 0 Å². The summed E-state index contributed by atoms with van der Waals surface area (Å²) >= 11 is 0. The number of piperidine rings is 2. The van der Waals surface area contributed by atoms with Crippen molar-refractivity contribution in [3.05, 3.63) is 0 Å². The fourth-order valence-electron chi connectivity index (χ4n) is 4.31. The van der Waals surface area contributed by atoms with Crippen LogP contribution in [0.3, 0.4) is 0 Å². The fraction of sp³-hybridized carbons (Fsp3) is 0.889. The third-order valence-corrected chi connectivity index (χ3v) is 5.83. The van der Waals surface area contributed by atoms with Crippen LogP contribution in [0.5, 0.6) is 0 Å². The molecule has 0 aromatic rings. The van der Waals surface area contributed by atoms with Crippen LogP contribution in [-0.4, -0.2) is 74.5 Å². The van der Waals surface area contributed by atoms with Gasteiger partial charge >= 0.3 is 0 Å². The van der Waals surface area contributed by atoms with Crippen LogP contribution in [0.15, 0.2) is 4.99 Å². The van der Waals surface area contributed by atoms with E-state index in [4.69, 9.17) is 4.99 Å². The minimum absolute atomic E-state index is 0. The lowest BCUT2D eigenvalue weighted by molar-refractivity contribution is -0.119. The van der Waals surface area contributed by atoms with Crippen LogP contribution in [0.2, 0.25) is 0 Å². The topological polar surface area (TPSA) is 60.0 Å². The van der Waals surface area contributed by atoms with Crippen molar-refractivity contribution in [3.63, 3.8) is 0 Å². The molecule has 7 heteroatoms. The molecule has 144 valence electrons.